The normalized spacial score (nSPS) is 16.7. The number of ether oxygens (including phenoxy) is 5. The van der Waals surface area contributed by atoms with E-state index in [2.05, 4.69) is 10.6 Å². The zero-order chi connectivity index (χ0) is 36.1. The van der Waals surface area contributed by atoms with E-state index in [9.17, 15) is 32.8 Å². The Balaban J connectivity index is 0.0000125. The monoisotopic (exact) mass is 856 g/mol. The van der Waals surface area contributed by atoms with Crippen molar-refractivity contribution in [2.45, 2.75) is 39.3 Å². The fraction of sp³-hybridized carbons (Fsp3) is 0.647. The first-order valence-electron chi connectivity index (χ1n) is 16.2. The van der Waals surface area contributed by atoms with E-state index in [-0.39, 0.29) is 76.3 Å². The number of nitriles is 1. The number of hydrogen-bond donors (Lipinski definition) is 2. The molecule has 1 aliphatic heterocycles. The molecule has 3 amide bonds. The molecule has 1 aromatic carbocycles. The standard InChI is InChI=1S/C34H48F3N4O8.Tb/c1-33(2,3)21-29(22-38)32(44)41-23-27(26-4-6-30(7-5-26)34(35,36)37)20-28(24-41)31(43)40-9-11-46-13-15-48-17-19-49-18-16-47-14-12-45-10-8-39-25-42;/h4-7,21,27-28H,8-20,23-24H2,1-3H3,(H,39,42)(H,40,43);/q-1;/b29-21+;. The van der Waals surface area contributed by atoms with Crippen molar-refractivity contribution in [2.24, 2.45) is 11.3 Å². The molecule has 16 heteroatoms. The topological polar surface area (TPSA) is 148 Å². The average Bonchev–Trinajstić information content (AvgIpc) is 3.06. The van der Waals surface area contributed by atoms with Gasteiger partial charge in [-0.15, -0.1) is 0 Å². The van der Waals surface area contributed by atoms with Crippen LogP contribution in [-0.4, -0.2) is 115 Å². The second kappa shape index (κ2) is 24.8. The fourth-order valence-corrected chi connectivity index (χ4v) is 4.93. The molecule has 2 N–H and O–H groups in total. The van der Waals surface area contributed by atoms with Gasteiger partial charge in [0, 0.05) is 70.7 Å². The van der Waals surface area contributed by atoms with Crippen molar-refractivity contribution >= 4 is 18.2 Å². The summed E-state index contributed by atoms with van der Waals surface area (Å²) in [6, 6.07) is 6.70. The van der Waals surface area contributed by atoms with Crippen molar-refractivity contribution in [1.82, 2.24) is 15.5 Å². The van der Waals surface area contributed by atoms with Gasteiger partial charge in [-0.1, -0.05) is 39.0 Å². The number of carbonyl (C=O) groups excluding carboxylic acids is 3. The van der Waals surface area contributed by atoms with Gasteiger partial charge in [-0.3, -0.25) is 9.59 Å². The van der Waals surface area contributed by atoms with Crippen LogP contribution in [0.2, 0.25) is 0 Å². The van der Waals surface area contributed by atoms with Crippen LogP contribution in [-0.2, 0) is 44.2 Å². The molecule has 2 atom stereocenters. The number of benzene rings is 1. The molecule has 0 aromatic heterocycles. The van der Waals surface area contributed by atoms with Crippen LogP contribution >= 0.6 is 0 Å². The molecule has 1 aromatic rings. The van der Waals surface area contributed by atoms with Crippen LogP contribution in [0.4, 0.5) is 13.2 Å². The number of amides is 3. The Labute approximate surface area is 323 Å². The molecule has 12 nitrogen and oxygen atoms in total. The maximum atomic E-state index is 13.4. The minimum atomic E-state index is -4.48. The summed E-state index contributed by atoms with van der Waals surface area (Å²) in [6.45, 7) is 10.1. The second-order valence-electron chi connectivity index (χ2n) is 12.4. The van der Waals surface area contributed by atoms with Crippen LogP contribution in [0, 0.1) is 61.3 Å². The molecule has 2 unspecified atom stereocenters. The van der Waals surface area contributed by atoms with Gasteiger partial charge in [0.25, 0.3) is 5.91 Å². The summed E-state index contributed by atoms with van der Waals surface area (Å²) in [7, 11) is 0. The summed E-state index contributed by atoms with van der Waals surface area (Å²) in [6.07, 6.45) is -1.02. The Bertz CT molecular complexity index is 1220. The molecule has 1 saturated heterocycles. The van der Waals surface area contributed by atoms with Crippen molar-refractivity contribution in [1.29, 1.82) is 5.26 Å². The number of piperidine rings is 1. The molecule has 1 radical (unpaired) electrons. The summed E-state index contributed by atoms with van der Waals surface area (Å²) in [5.74, 6) is -1.88. The first-order valence-corrected chi connectivity index (χ1v) is 16.2. The number of nitrogens with zero attached hydrogens (tertiary/aromatic N) is 2. The van der Waals surface area contributed by atoms with Gasteiger partial charge in [0.05, 0.1) is 77.6 Å². The average molecular weight is 857 g/mol. The summed E-state index contributed by atoms with van der Waals surface area (Å²) >= 11 is 0. The van der Waals surface area contributed by atoms with E-state index in [4.69, 9.17) is 23.7 Å². The number of halogens is 3. The van der Waals surface area contributed by atoms with Gasteiger partial charge in [0.15, 0.2) is 0 Å². The van der Waals surface area contributed by atoms with Gasteiger partial charge < -0.3 is 44.0 Å². The van der Waals surface area contributed by atoms with Crippen molar-refractivity contribution in [3.8, 4) is 6.07 Å². The number of nitrogens with one attached hydrogen (secondary N) is 2. The Kier molecular flexibility index (Phi) is 22.7. The number of allylic oxidation sites excluding steroid dienone is 1. The summed E-state index contributed by atoms with van der Waals surface area (Å²) in [5, 5.41) is 14.9. The second-order valence-corrected chi connectivity index (χ2v) is 12.4. The molecule has 0 spiro atoms. The zero-order valence-corrected chi connectivity index (χ0v) is 30.9. The van der Waals surface area contributed by atoms with Crippen LogP contribution in [0.3, 0.4) is 0 Å². The third-order valence-corrected chi connectivity index (χ3v) is 7.22. The number of carbonyl (C=O) groups is 2. The summed E-state index contributed by atoms with van der Waals surface area (Å²) < 4.78 is 66.4. The quantitative estimate of drug-likeness (QED) is 0.0591. The third-order valence-electron chi connectivity index (χ3n) is 7.22. The van der Waals surface area contributed by atoms with Crippen LogP contribution in [0.5, 0.6) is 0 Å². The van der Waals surface area contributed by atoms with Crippen LogP contribution in [0.25, 0.3) is 0 Å². The maximum absolute atomic E-state index is 13.4. The Morgan fingerprint density at radius 1 is 0.880 bits per heavy atom. The number of rotatable bonds is 22. The van der Waals surface area contributed by atoms with Crippen molar-refractivity contribution in [3.63, 3.8) is 0 Å². The number of alkyl halides is 3. The van der Waals surface area contributed by atoms with Gasteiger partial charge in [0.2, 0.25) is 5.91 Å². The van der Waals surface area contributed by atoms with E-state index in [0.717, 1.165) is 12.1 Å². The predicted molar refractivity (Wildman–Crippen MR) is 173 cm³/mol. The van der Waals surface area contributed by atoms with E-state index in [1.54, 1.807) is 12.5 Å². The molecule has 1 aliphatic rings. The largest absolute Gasteiger partial charge is 0.528 e. The molecule has 0 saturated carbocycles. The molecule has 0 bridgehead atoms. The first kappa shape index (κ1) is 45.8. The SMILES string of the molecule is CC(C)(C)/C=C(\C#N)C(=O)N1CC(C(=O)NCCOCCOCCOCCOCCOCCN[C-]=O)CC(c2ccc(C(F)(F)F)cc2)C1.[Tb]. The van der Waals surface area contributed by atoms with Crippen LogP contribution in [0.1, 0.15) is 44.2 Å². The molecular weight excluding hydrogens is 808 g/mol. The Morgan fingerprint density at radius 2 is 1.38 bits per heavy atom. The third kappa shape index (κ3) is 18.8. The van der Waals surface area contributed by atoms with Gasteiger partial charge >= 0.3 is 6.18 Å². The van der Waals surface area contributed by atoms with Gasteiger partial charge in [-0.05, 0) is 29.5 Å². The summed E-state index contributed by atoms with van der Waals surface area (Å²) in [5.41, 5.74) is -0.697. The number of hydrogen-bond acceptors (Lipinski definition) is 9. The molecule has 1 fully saturated rings. The molecular formula is C34H48F3N4O8Tb-. The minimum absolute atomic E-state index is 0. The Morgan fingerprint density at radius 3 is 1.84 bits per heavy atom. The zero-order valence-electron chi connectivity index (χ0n) is 28.8. The number of likely N-dealkylation sites (tertiary alicyclic amines) is 1. The molecule has 2 rings (SSSR count). The minimum Gasteiger partial charge on any atom is -0.528 e. The maximum Gasteiger partial charge on any atom is 0.416 e. The van der Waals surface area contributed by atoms with E-state index < -0.39 is 34.9 Å². The van der Waals surface area contributed by atoms with Crippen molar-refractivity contribution < 1.29 is 89.9 Å². The molecule has 0 aliphatic carbocycles. The molecule has 283 valence electrons. The van der Waals surface area contributed by atoms with Gasteiger partial charge in [0.1, 0.15) is 11.6 Å². The van der Waals surface area contributed by atoms with E-state index in [0.29, 0.717) is 78.0 Å². The van der Waals surface area contributed by atoms with Crippen molar-refractivity contribution in [3.05, 3.63) is 47.0 Å². The summed E-state index contributed by atoms with van der Waals surface area (Å²) in [4.78, 5) is 38.0. The molecule has 1 heterocycles. The fourth-order valence-electron chi connectivity index (χ4n) is 4.93. The van der Waals surface area contributed by atoms with Crippen LogP contribution < -0.4 is 10.6 Å². The van der Waals surface area contributed by atoms with E-state index in [1.807, 2.05) is 26.8 Å². The smallest absolute Gasteiger partial charge is 0.416 e. The van der Waals surface area contributed by atoms with Gasteiger partial charge in [-0.2, -0.15) is 24.8 Å². The molecule has 50 heavy (non-hydrogen) atoms. The first-order chi connectivity index (χ1) is 23.4. The van der Waals surface area contributed by atoms with E-state index in [1.165, 1.54) is 17.0 Å². The van der Waals surface area contributed by atoms with Gasteiger partial charge in [-0.25, -0.2) is 0 Å². The van der Waals surface area contributed by atoms with E-state index >= 15 is 0 Å². The van der Waals surface area contributed by atoms with Crippen molar-refractivity contribution in [2.75, 3.05) is 92.2 Å². The van der Waals surface area contributed by atoms with Crippen LogP contribution in [0.15, 0.2) is 35.9 Å². The predicted octanol–water partition coefficient (Wildman–Crippen LogP) is 2.99. The Hall–Kier alpha value is -2.26.